The first kappa shape index (κ1) is 22.5. The molecule has 1 heterocycles. The van der Waals surface area contributed by atoms with Crippen LogP contribution in [0.4, 0.5) is 0 Å². The van der Waals surface area contributed by atoms with E-state index in [0.717, 1.165) is 24.8 Å². The normalized spacial score (nSPS) is 10.7. The minimum Gasteiger partial charge on any atom is -0.493 e. The lowest BCUT2D eigenvalue weighted by Gasteiger charge is -2.14. The SMILES string of the molecule is CCCCc1cc(=O)oc2cc(OC(=O)c3cc(OC)c(OC)c(OC)c3)c(Cl)cc12. The molecule has 0 saturated carbocycles. The Morgan fingerprint density at radius 1 is 0.968 bits per heavy atom. The Balaban J connectivity index is 1.99. The Morgan fingerprint density at radius 2 is 1.65 bits per heavy atom. The van der Waals surface area contributed by atoms with E-state index in [9.17, 15) is 9.59 Å². The van der Waals surface area contributed by atoms with Crippen molar-refractivity contribution >= 4 is 28.5 Å². The molecule has 3 rings (SSSR count). The van der Waals surface area contributed by atoms with Crippen LogP contribution in [0.3, 0.4) is 0 Å². The van der Waals surface area contributed by atoms with Gasteiger partial charge in [-0.05, 0) is 36.6 Å². The Morgan fingerprint density at radius 3 is 2.23 bits per heavy atom. The summed E-state index contributed by atoms with van der Waals surface area (Å²) < 4.78 is 26.6. The fraction of sp³-hybridized carbons (Fsp3) is 0.304. The third kappa shape index (κ3) is 4.77. The van der Waals surface area contributed by atoms with Gasteiger partial charge < -0.3 is 23.4 Å². The monoisotopic (exact) mass is 446 g/mol. The molecule has 0 N–H and O–H groups in total. The first-order valence-electron chi connectivity index (χ1n) is 9.70. The Kier molecular flexibility index (Phi) is 7.07. The lowest BCUT2D eigenvalue weighted by atomic mass is 10.0. The molecule has 0 aliphatic carbocycles. The molecule has 2 aromatic carbocycles. The van der Waals surface area contributed by atoms with E-state index in [-0.39, 0.29) is 16.3 Å². The molecule has 0 radical (unpaired) electrons. The molecule has 0 atom stereocenters. The Labute approximate surface area is 184 Å². The molecule has 0 amide bonds. The minimum atomic E-state index is -0.690. The van der Waals surface area contributed by atoms with E-state index >= 15 is 0 Å². The third-order valence-electron chi connectivity index (χ3n) is 4.79. The van der Waals surface area contributed by atoms with Crippen molar-refractivity contribution in [3.05, 3.63) is 56.9 Å². The van der Waals surface area contributed by atoms with Crippen LogP contribution in [0.25, 0.3) is 11.0 Å². The largest absolute Gasteiger partial charge is 0.493 e. The zero-order valence-electron chi connectivity index (χ0n) is 17.7. The van der Waals surface area contributed by atoms with E-state index in [4.69, 9.17) is 35.0 Å². The van der Waals surface area contributed by atoms with Gasteiger partial charge in [-0.1, -0.05) is 24.9 Å². The lowest BCUT2D eigenvalue weighted by Crippen LogP contribution is -2.10. The zero-order valence-corrected chi connectivity index (χ0v) is 18.5. The second-order valence-electron chi connectivity index (χ2n) is 6.78. The maximum atomic E-state index is 12.8. The number of carbonyl (C=O) groups excluding carboxylic acids is 1. The van der Waals surface area contributed by atoms with E-state index in [1.165, 1.54) is 45.6 Å². The fourth-order valence-electron chi connectivity index (χ4n) is 3.24. The van der Waals surface area contributed by atoms with Crippen LogP contribution in [0, 0.1) is 0 Å². The molecular weight excluding hydrogens is 424 g/mol. The molecule has 0 unspecified atom stereocenters. The summed E-state index contributed by atoms with van der Waals surface area (Å²) in [5, 5.41) is 0.936. The Bertz CT molecular complexity index is 1140. The number of aryl methyl sites for hydroxylation is 1. The number of rotatable bonds is 8. The van der Waals surface area contributed by atoms with Crippen LogP contribution in [0.1, 0.15) is 35.7 Å². The van der Waals surface area contributed by atoms with Gasteiger partial charge in [0.1, 0.15) is 5.58 Å². The average molecular weight is 447 g/mol. The van der Waals surface area contributed by atoms with Crippen LogP contribution in [0.5, 0.6) is 23.0 Å². The van der Waals surface area contributed by atoms with Crippen molar-refractivity contribution in [2.24, 2.45) is 0 Å². The van der Waals surface area contributed by atoms with Crippen molar-refractivity contribution in [2.75, 3.05) is 21.3 Å². The van der Waals surface area contributed by atoms with Crippen molar-refractivity contribution in [1.29, 1.82) is 0 Å². The third-order valence-corrected chi connectivity index (χ3v) is 5.08. The summed E-state index contributed by atoms with van der Waals surface area (Å²) in [6.45, 7) is 2.07. The quantitative estimate of drug-likeness (QED) is 0.272. The van der Waals surface area contributed by atoms with Crippen LogP contribution in [-0.4, -0.2) is 27.3 Å². The van der Waals surface area contributed by atoms with Gasteiger partial charge >= 0.3 is 11.6 Å². The van der Waals surface area contributed by atoms with Crippen molar-refractivity contribution in [3.63, 3.8) is 0 Å². The fourth-order valence-corrected chi connectivity index (χ4v) is 3.44. The number of methoxy groups -OCH3 is 3. The molecule has 0 fully saturated rings. The molecule has 0 bridgehead atoms. The van der Waals surface area contributed by atoms with Gasteiger partial charge in [0, 0.05) is 17.5 Å². The molecule has 0 saturated heterocycles. The molecule has 164 valence electrons. The van der Waals surface area contributed by atoms with Crippen LogP contribution >= 0.6 is 11.6 Å². The second-order valence-corrected chi connectivity index (χ2v) is 7.18. The van der Waals surface area contributed by atoms with Gasteiger partial charge in [-0.15, -0.1) is 0 Å². The zero-order chi connectivity index (χ0) is 22.5. The van der Waals surface area contributed by atoms with Crippen LogP contribution in [0.2, 0.25) is 5.02 Å². The number of benzene rings is 2. The van der Waals surface area contributed by atoms with E-state index in [1.807, 2.05) is 0 Å². The number of ether oxygens (including phenoxy) is 4. The minimum absolute atomic E-state index is 0.0729. The van der Waals surface area contributed by atoms with Gasteiger partial charge in [-0.25, -0.2) is 9.59 Å². The number of hydrogen-bond donors (Lipinski definition) is 0. The summed E-state index contributed by atoms with van der Waals surface area (Å²) in [6, 6.07) is 7.51. The summed E-state index contributed by atoms with van der Waals surface area (Å²) in [4.78, 5) is 24.8. The number of hydrogen-bond acceptors (Lipinski definition) is 7. The number of unbranched alkanes of at least 4 members (excludes halogenated alkanes) is 1. The first-order chi connectivity index (χ1) is 14.9. The van der Waals surface area contributed by atoms with E-state index in [2.05, 4.69) is 6.92 Å². The summed E-state index contributed by atoms with van der Waals surface area (Å²) in [5.41, 5.74) is 0.847. The second kappa shape index (κ2) is 9.75. The average Bonchev–Trinajstić information content (AvgIpc) is 2.77. The molecule has 0 spiro atoms. The van der Waals surface area contributed by atoms with Crippen LogP contribution in [0.15, 0.2) is 39.5 Å². The van der Waals surface area contributed by atoms with Crippen molar-refractivity contribution in [3.8, 4) is 23.0 Å². The molecular formula is C23H23ClO7. The summed E-state index contributed by atoms with van der Waals surface area (Å²) in [7, 11) is 4.37. The molecule has 1 aromatic heterocycles. The number of esters is 1. The predicted molar refractivity (Wildman–Crippen MR) is 117 cm³/mol. The summed E-state index contributed by atoms with van der Waals surface area (Å²) in [5.74, 6) is 0.357. The first-order valence-corrected chi connectivity index (χ1v) is 10.1. The molecule has 31 heavy (non-hydrogen) atoms. The maximum Gasteiger partial charge on any atom is 0.343 e. The standard InChI is InChI=1S/C23H23ClO7/c1-5-6-7-13-10-21(25)30-17-12-18(16(24)11-15(13)17)31-23(26)14-8-19(27-2)22(29-4)20(9-14)28-3/h8-12H,5-7H2,1-4H3. The number of fused-ring (bicyclic) bond motifs is 1. The van der Waals surface area contributed by atoms with E-state index < -0.39 is 11.6 Å². The topological polar surface area (TPSA) is 84.2 Å². The van der Waals surface area contributed by atoms with Gasteiger partial charge in [0.15, 0.2) is 17.2 Å². The molecule has 0 aliphatic heterocycles. The van der Waals surface area contributed by atoms with E-state index in [0.29, 0.717) is 28.2 Å². The summed E-state index contributed by atoms with van der Waals surface area (Å²) >= 11 is 6.38. The van der Waals surface area contributed by atoms with Gasteiger partial charge in [0.2, 0.25) is 5.75 Å². The summed E-state index contributed by atoms with van der Waals surface area (Å²) in [6.07, 6.45) is 2.63. The molecule has 8 heteroatoms. The van der Waals surface area contributed by atoms with Crippen LogP contribution in [-0.2, 0) is 6.42 Å². The molecule has 7 nitrogen and oxygen atoms in total. The van der Waals surface area contributed by atoms with Crippen LogP contribution < -0.4 is 24.6 Å². The van der Waals surface area contributed by atoms with Crippen molar-refractivity contribution < 1.29 is 28.2 Å². The predicted octanol–water partition coefficient (Wildman–Crippen LogP) is 5.03. The smallest absolute Gasteiger partial charge is 0.343 e. The van der Waals surface area contributed by atoms with Gasteiger partial charge in [0.05, 0.1) is 31.9 Å². The number of carbonyl (C=O) groups is 1. The highest BCUT2D eigenvalue weighted by Crippen LogP contribution is 2.39. The van der Waals surface area contributed by atoms with Gasteiger partial charge in [-0.3, -0.25) is 0 Å². The highest BCUT2D eigenvalue weighted by molar-refractivity contribution is 6.33. The van der Waals surface area contributed by atoms with Crippen molar-refractivity contribution in [1.82, 2.24) is 0 Å². The maximum absolute atomic E-state index is 12.8. The molecule has 3 aromatic rings. The highest BCUT2D eigenvalue weighted by atomic mass is 35.5. The molecule has 0 aliphatic rings. The van der Waals surface area contributed by atoms with Gasteiger partial charge in [0.25, 0.3) is 0 Å². The Hall–Kier alpha value is -3.19. The van der Waals surface area contributed by atoms with E-state index in [1.54, 1.807) is 6.07 Å². The van der Waals surface area contributed by atoms with Crippen molar-refractivity contribution in [2.45, 2.75) is 26.2 Å². The number of halogens is 1. The van der Waals surface area contributed by atoms with Gasteiger partial charge in [-0.2, -0.15) is 0 Å². The highest BCUT2D eigenvalue weighted by Gasteiger charge is 2.20. The lowest BCUT2D eigenvalue weighted by molar-refractivity contribution is 0.0734.